The average molecular weight is 243 g/mol. The Balaban J connectivity index is 1.74. The van der Waals surface area contributed by atoms with E-state index in [1.165, 1.54) is 43.3 Å². The minimum atomic E-state index is 1.06. The minimum Gasteiger partial charge on any atom is -0.331 e. The molecular weight excluding hydrogens is 222 g/mol. The van der Waals surface area contributed by atoms with Gasteiger partial charge in [0.1, 0.15) is 5.65 Å². The average Bonchev–Trinajstić information content (AvgIpc) is 2.75. The quantitative estimate of drug-likeness (QED) is 0.826. The summed E-state index contributed by atoms with van der Waals surface area (Å²) in [6.45, 7) is 6.92. The Morgan fingerprint density at radius 2 is 2.00 bits per heavy atom. The Bertz CT molecular complexity index is 524. The number of aromatic nitrogens is 2. The van der Waals surface area contributed by atoms with Crippen molar-refractivity contribution in [3.8, 4) is 0 Å². The molecule has 1 aliphatic heterocycles. The molecule has 0 radical (unpaired) electrons. The van der Waals surface area contributed by atoms with Gasteiger partial charge in [-0.25, -0.2) is 4.98 Å². The van der Waals surface area contributed by atoms with Crippen LogP contribution in [0.4, 0.5) is 0 Å². The third-order valence-corrected chi connectivity index (χ3v) is 3.94. The predicted octanol–water partition coefficient (Wildman–Crippen LogP) is 2.83. The van der Waals surface area contributed by atoms with E-state index >= 15 is 0 Å². The normalized spacial score (nSPS) is 17.4. The number of piperidine rings is 1. The maximum absolute atomic E-state index is 4.51. The van der Waals surface area contributed by atoms with Gasteiger partial charge >= 0.3 is 0 Å². The molecule has 3 heteroatoms. The molecule has 3 heterocycles. The lowest BCUT2D eigenvalue weighted by Crippen LogP contribution is -2.32. The van der Waals surface area contributed by atoms with E-state index in [1.807, 2.05) is 12.3 Å². The third kappa shape index (κ3) is 2.27. The lowest BCUT2D eigenvalue weighted by molar-refractivity contribution is 0.221. The van der Waals surface area contributed by atoms with E-state index in [-0.39, 0.29) is 0 Å². The fourth-order valence-corrected chi connectivity index (χ4v) is 2.90. The SMILES string of the molecule is Cc1cn(CCN2CCCCC2)c2ncccc12. The zero-order chi connectivity index (χ0) is 12.4. The van der Waals surface area contributed by atoms with Crippen LogP contribution in [0.5, 0.6) is 0 Å². The largest absolute Gasteiger partial charge is 0.331 e. The van der Waals surface area contributed by atoms with Gasteiger partial charge < -0.3 is 9.47 Å². The van der Waals surface area contributed by atoms with Gasteiger partial charge in [0.25, 0.3) is 0 Å². The molecule has 0 spiro atoms. The third-order valence-electron chi connectivity index (χ3n) is 3.94. The summed E-state index contributed by atoms with van der Waals surface area (Å²) in [6, 6.07) is 4.18. The van der Waals surface area contributed by atoms with Crippen molar-refractivity contribution < 1.29 is 0 Å². The van der Waals surface area contributed by atoms with Crippen LogP contribution in [-0.2, 0) is 6.54 Å². The molecule has 96 valence electrons. The van der Waals surface area contributed by atoms with Crippen molar-refractivity contribution in [1.82, 2.24) is 14.5 Å². The molecule has 18 heavy (non-hydrogen) atoms. The summed E-state index contributed by atoms with van der Waals surface area (Å²) in [6.07, 6.45) is 8.26. The van der Waals surface area contributed by atoms with Gasteiger partial charge in [-0.2, -0.15) is 0 Å². The second-order valence-corrected chi connectivity index (χ2v) is 5.28. The van der Waals surface area contributed by atoms with Gasteiger partial charge in [-0.3, -0.25) is 0 Å². The van der Waals surface area contributed by atoms with Crippen molar-refractivity contribution in [2.24, 2.45) is 0 Å². The number of nitrogens with zero attached hydrogens (tertiary/aromatic N) is 3. The first kappa shape index (κ1) is 11.7. The number of hydrogen-bond acceptors (Lipinski definition) is 2. The summed E-state index contributed by atoms with van der Waals surface area (Å²) in [4.78, 5) is 7.09. The Labute approximate surface area is 108 Å². The Morgan fingerprint density at radius 3 is 2.83 bits per heavy atom. The standard InChI is InChI=1S/C15H21N3/c1-13-12-18(15-14(13)6-5-7-16-15)11-10-17-8-3-2-4-9-17/h5-7,12H,2-4,8-11H2,1H3. The molecule has 2 aromatic rings. The van der Waals surface area contributed by atoms with Crippen LogP contribution in [0.3, 0.4) is 0 Å². The van der Waals surface area contributed by atoms with Gasteiger partial charge in [-0.1, -0.05) is 6.42 Å². The molecule has 0 unspecified atom stereocenters. The molecule has 2 aromatic heterocycles. The maximum Gasteiger partial charge on any atom is 0.140 e. The highest BCUT2D eigenvalue weighted by molar-refractivity contribution is 5.79. The summed E-state index contributed by atoms with van der Waals surface area (Å²) in [5, 5.41) is 1.29. The van der Waals surface area contributed by atoms with Gasteiger partial charge in [0.05, 0.1) is 0 Å². The molecule has 0 N–H and O–H groups in total. The lowest BCUT2D eigenvalue weighted by Gasteiger charge is -2.26. The lowest BCUT2D eigenvalue weighted by atomic mass is 10.1. The number of hydrogen-bond donors (Lipinski definition) is 0. The van der Waals surface area contributed by atoms with Crippen molar-refractivity contribution >= 4 is 11.0 Å². The summed E-state index contributed by atoms with van der Waals surface area (Å²) in [7, 11) is 0. The smallest absolute Gasteiger partial charge is 0.140 e. The molecule has 0 aromatic carbocycles. The first-order valence-corrected chi connectivity index (χ1v) is 6.97. The zero-order valence-electron chi connectivity index (χ0n) is 11.1. The number of rotatable bonds is 3. The van der Waals surface area contributed by atoms with Crippen molar-refractivity contribution in [3.05, 3.63) is 30.1 Å². The summed E-state index contributed by atoms with van der Waals surface area (Å²) < 4.78 is 2.30. The number of fused-ring (bicyclic) bond motifs is 1. The molecule has 3 nitrogen and oxygen atoms in total. The molecule has 0 amide bonds. The van der Waals surface area contributed by atoms with E-state index in [0.717, 1.165) is 18.7 Å². The highest BCUT2D eigenvalue weighted by atomic mass is 15.2. The van der Waals surface area contributed by atoms with Gasteiger partial charge in [0, 0.05) is 30.9 Å². The molecule has 0 saturated carbocycles. The molecule has 1 fully saturated rings. The molecular formula is C15H21N3. The molecule has 3 rings (SSSR count). The summed E-state index contributed by atoms with van der Waals surface area (Å²) >= 11 is 0. The van der Waals surface area contributed by atoms with Crippen LogP contribution in [0.1, 0.15) is 24.8 Å². The van der Waals surface area contributed by atoms with Crippen molar-refractivity contribution in [2.45, 2.75) is 32.7 Å². The van der Waals surface area contributed by atoms with Crippen molar-refractivity contribution in [2.75, 3.05) is 19.6 Å². The maximum atomic E-state index is 4.51. The Kier molecular flexibility index (Phi) is 3.33. The zero-order valence-corrected chi connectivity index (χ0v) is 11.1. The molecule has 0 atom stereocenters. The van der Waals surface area contributed by atoms with E-state index < -0.39 is 0 Å². The highest BCUT2D eigenvalue weighted by Gasteiger charge is 2.11. The first-order chi connectivity index (χ1) is 8.84. The van der Waals surface area contributed by atoms with Crippen LogP contribution in [0.25, 0.3) is 11.0 Å². The summed E-state index contributed by atoms with van der Waals surface area (Å²) in [5.74, 6) is 0. The van der Waals surface area contributed by atoms with Crippen LogP contribution in [-0.4, -0.2) is 34.1 Å². The van der Waals surface area contributed by atoms with Crippen molar-refractivity contribution in [1.29, 1.82) is 0 Å². The topological polar surface area (TPSA) is 21.1 Å². The van der Waals surface area contributed by atoms with Crippen molar-refractivity contribution in [3.63, 3.8) is 0 Å². The fourth-order valence-electron chi connectivity index (χ4n) is 2.90. The van der Waals surface area contributed by atoms with Crippen LogP contribution >= 0.6 is 0 Å². The second kappa shape index (κ2) is 5.11. The number of pyridine rings is 1. The van der Waals surface area contributed by atoms with Gasteiger partial charge in [0.2, 0.25) is 0 Å². The van der Waals surface area contributed by atoms with E-state index in [1.54, 1.807) is 0 Å². The highest BCUT2D eigenvalue weighted by Crippen LogP contribution is 2.18. The van der Waals surface area contributed by atoms with Gasteiger partial charge in [-0.05, 0) is 50.6 Å². The van der Waals surface area contributed by atoms with Gasteiger partial charge in [0.15, 0.2) is 0 Å². The first-order valence-electron chi connectivity index (χ1n) is 6.97. The van der Waals surface area contributed by atoms with Crippen LogP contribution in [0.15, 0.2) is 24.5 Å². The summed E-state index contributed by atoms with van der Waals surface area (Å²) in [5.41, 5.74) is 2.46. The van der Waals surface area contributed by atoms with E-state index in [4.69, 9.17) is 0 Å². The monoisotopic (exact) mass is 243 g/mol. The van der Waals surface area contributed by atoms with E-state index in [2.05, 4.69) is 33.6 Å². The van der Waals surface area contributed by atoms with Crippen LogP contribution in [0, 0.1) is 6.92 Å². The number of likely N-dealkylation sites (tertiary alicyclic amines) is 1. The van der Waals surface area contributed by atoms with Gasteiger partial charge in [-0.15, -0.1) is 0 Å². The Hall–Kier alpha value is -1.35. The van der Waals surface area contributed by atoms with Crippen LogP contribution < -0.4 is 0 Å². The predicted molar refractivity (Wildman–Crippen MR) is 74.8 cm³/mol. The Morgan fingerprint density at radius 1 is 1.17 bits per heavy atom. The molecule has 0 aliphatic carbocycles. The van der Waals surface area contributed by atoms with Crippen LogP contribution in [0.2, 0.25) is 0 Å². The van der Waals surface area contributed by atoms with E-state index in [0.29, 0.717) is 0 Å². The molecule has 1 saturated heterocycles. The molecule has 0 bridgehead atoms. The molecule has 1 aliphatic rings. The fraction of sp³-hybridized carbons (Fsp3) is 0.533. The van der Waals surface area contributed by atoms with E-state index in [9.17, 15) is 0 Å². The minimum absolute atomic E-state index is 1.06. The number of aryl methyl sites for hydroxylation is 1. The second-order valence-electron chi connectivity index (χ2n) is 5.28.